The average Bonchev–Trinajstić information content (AvgIpc) is 2.54. The number of unbranched alkanes of at least 4 members (excludes halogenated alkanes) is 4. The highest BCUT2D eigenvalue weighted by Crippen LogP contribution is 2.47. The van der Waals surface area contributed by atoms with Crippen molar-refractivity contribution in [1.82, 2.24) is 5.06 Å². The molecule has 1 fully saturated rings. The van der Waals surface area contributed by atoms with Crippen LogP contribution in [-0.2, 0) is 19.2 Å². The van der Waals surface area contributed by atoms with E-state index >= 15 is 0 Å². The van der Waals surface area contributed by atoms with Gasteiger partial charge in [0.05, 0.1) is 25.7 Å². The predicted molar refractivity (Wildman–Crippen MR) is 107 cm³/mol. The van der Waals surface area contributed by atoms with E-state index in [-0.39, 0.29) is 12.4 Å². The fourth-order valence-corrected chi connectivity index (χ4v) is 5.17. The van der Waals surface area contributed by atoms with Gasteiger partial charge in [-0.3, -0.25) is 9.59 Å². The van der Waals surface area contributed by atoms with E-state index < -0.39 is 28.6 Å². The Labute approximate surface area is 169 Å². The van der Waals surface area contributed by atoms with Crippen LogP contribution in [0.15, 0.2) is 0 Å². The maximum atomic E-state index is 12.5. The van der Waals surface area contributed by atoms with Gasteiger partial charge in [-0.15, -0.1) is 0 Å². The van der Waals surface area contributed by atoms with E-state index in [9.17, 15) is 14.7 Å². The van der Waals surface area contributed by atoms with Crippen LogP contribution in [0, 0.1) is 5.92 Å². The fraction of sp³-hybridized carbons (Fsp3) is 0.905. The van der Waals surface area contributed by atoms with Crippen molar-refractivity contribution in [3.63, 3.8) is 0 Å². The first kappa shape index (κ1) is 24.9. The molecule has 164 valence electrons. The van der Waals surface area contributed by atoms with Crippen LogP contribution in [0.2, 0.25) is 0 Å². The average molecular weight is 402 g/mol. The number of carbonyl (C=O) groups is 2. The van der Waals surface area contributed by atoms with Crippen molar-refractivity contribution < 1.29 is 29.4 Å². The van der Waals surface area contributed by atoms with Crippen molar-refractivity contribution in [1.29, 1.82) is 0 Å². The number of aliphatic carboxylic acids is 1. The first-order valence-electron chi connectivity index (χ1n) is 10.3. The van der Waals surface area contributed by atoms with Crippen LogP contribution in [0.5, 0.6) is 0 Å². The van der Waals surface area contributed by atoms with Crippen LogP contribution in [-0.4, -0.2) is 58.1 Å². The smallest absolute Gasteiger partial charge is 0.311 e. The molecule has 0 spiro atoms. The second-order valence-electron chi connectivity index (χ2n) is 9.33. The molecule has 2 N–H and O–H groups in total. The van der Waals surface area contributed by atoms with E-state index in [2.05, 4.69) is 0 Å². The van der Waals surface area contributed by atoms with Crippen molar-refractivity contribution >= 4 is 11.9 Å². The van der Waals surface area contributed by atoms with Crippen LogP contribution in [0.25, 0.3) is 0 Å². The van der Waals surface area contributed by atoms with Crippen LogP contribution in [0.4, 0.5) is 0 Å². The molecule has 1 rings (SSSR count). The first-order chi connectivity index (χ1) is 12.9. The monoisotopic (exact) mass is 401 g/mol. The number of carbonyl (C=O) groups excluding carboxylic acids is 1. The van der Waals surface area contributed by atoms with Gasteiger partial charge in [0.1, 0.15) is 0 Å². The molecule has 0 radical (unpaired) electrons. The molecule has 7 nitrogen and oxygen atoms in total. The molecule has 1 atom stereocenters. The predicted octanol–water partition coefficient (Wildman–Crippen LogP) is 3.54. The largest absolute Gasteiger partial charge is 0.481 e. The Kier molecular flexibility index (Phi) is 8.91. The Morgan fingerprint density at radius 2 is 1.46 bits per heavy atom. The number of hydroxylamine groups is 2. The molecule has 0 saturated carbocycles. The summed E-state index contributed by atoms with van der Waals surface area (Å²) < 4.78 is 5.03. The molecule has 1 aliphatic heterocycles. The summed E-state index contributed by atoms with van der Waals surface area (Å²) in [4.78, 5) is 28.7. The maximum Gasteiger partial charge on any atom is 0.311 e. The van der Waals surface area contributed by atoms with Crippen molar-refractivity contribution in [2.45, 2.75) is 102 Å². The number of aliphatic hydroxyl groups is 1. The van der Waals surface area contributed by atoms with Crippen LogP contribution < -0.4 is 0 Å². The standard InChI is InChI=1S/C21H39NO6/c1-19(2)14-21(26,15-20(3,4)22(19)28-6)16(18(25)27-5)12-10-8-7-9-11-13-17(23)24/h16,26H,7-15H2,1-6H3,(H,23,24). The molecule has 28 heavy (non-hydrogen) atoms. The second kappa shape index (κ2) is 10.0. The van der Waals surface area contributed by atoms with Gasteiger partial charge in [-0.05, 0) is 53.4 Å². The SMILES string of the molecule is COC(=O)C(CCCCCCCC(=O)O)C1(O)CC(C)(C)N(OC)C(C)(C)C1. The van der Waals surface area contributed by atoms with E-state index in [1.54, 1.807) is 7.11 Å². The van der Waals surface area contributed by atoms with Gasteiger partial charge >= 0.3 is 11.9 Å². The lowest BCUT2D eigenvalue weighted by Gasteiger charge is -2.57. The van der Waals surface area contributed by atoms with Gasteiger partial charge in [0.25, 0.3) is 0 Å². The molecule has 1 heterocycles. The molecule has 0 aliphatic carbocycles. The highest BCUT2D eigenvalue weighted by Gasteiger charge is 2.56. The number of hydrogen-bond donors (Lipinski definition) is 2. The summed E-state index contributed by atoms with van der Waals surface area (Å²) in [5.41, 5.74) is -2.04. The molecule has 0 amide bonds. The topological polar surface area (TPSA) is 96.3 Å². The number of piperidine rings is 1. The molecule has 0 aromatic carbocycles. The Hall–Kier alpha value is -1.18. The minimum atomic E-state index is -1.17. The van der Waals surface area contributed by atoms with E-state index in [4.69, 9.17) is 14.7 Å². The lowest BCUT2D eigenvalue weighted by molar-refractivity contribution is -0.297. The van der Waals surface area contributed by atoms with E-state index in [0.717, 1.165) is 25.7 Å². The molecule has 1 saturated heterocycles. The third-order valence-electron chi connectivity index (χ3n) is 5.78. The zero-order valence-electron chi connectivity index (χ0n) is 18.4. The summed E-state index contributed by atoms with van der Waals surface area (Å²) in [6, 6.07) is 0. The van der Waals surface area contributed by atoms with Gasteiger partial charge < -0.3 is 19.8 Å². The van der Waals surface area contributed by atoms with Crippen molar-refractivity contribution in [2.75, 3.05) is 14.2 Å². The zero-order valence-corrected chi connectivity index (χ0v) is 18.4. The summed E-state index contributed by atoms with van der Waals surface area (Å²) in [7, 11) is 3.00. The van der Waals surface area contributed by atoms with Gasteiger partial charge in [0.2, 0.25) is 0 Å². The molecule has 1 aliphatic rings. The summed E-state index contributed by atoms with van der Waals surface area (Å²) in [6.07, 6.45) is 5.74. The van der Waals surface area contributed by atoms with Gasteiger partial charge in [-0.1, -0.05) is 25.7 Å². The molecule has 0 aromatic rings. The van der Waals surface area contributed by atoms with Crippen molar-refractivity contribution in [3.8, 4) is 0 Å². The third-order valence-corrected chi connectivity index (χ3v) is 5.78. The Morgan fingerprint density at radius 1 is 0.964 bits per heavy atom. The number of nitrogens with zero attached hydrogens (tertiary/aromatic N) is 1. The molecular formula is C21H39NO6. The number of ether oxygens (including phenoxy) is 1. The van der Waals surface area contributed by atoms with Gasteiger partial charge in [0.15, 0.2) is 0 Å². The second-order valence-corrected chi connectivity index (χ2v) is 9.33. The number of esters is 1. The molecule has 1 unspecified atom stereocenters. The summed E-state index contributed by atoms with van der Waals surface area (Å²) in [6.45, 7) is 8.05. The minimum Gasteiger partial charge on any atom is -0.481 e. The molecule has 0 bridgehead atoms. The zero-order chi connectivity index (χ0) is 21.6. The summed E-state index contributed by atoms with van der Waals surface area (Å²) >= 11 is 0. The highest BCUT2D eigenvalue weighted by molar-refractivity contribution is 5.73. The van der Waals surface area contributed by atoms with Gasteiger partial charge in [0, 0.05) is 17.5 Å². The Balaban J connectivity index is 2.78. The normalized spacial score (nSPS) is 21.8. The van der Waals surface area contributed by atoms with Crippen LogP contribution in [0.3, 0.4) is 0 Å². The lowest BCUT2D eigenvalue weighted by atomic mass is 9.66. The molecular weight excluding hydrogens is 362 g/mol. The minimum absolute atomic E-state index is 0.199. The van der Waals surface area contributed by atoms with E-state index in [0.29, 0.717) is 25.7 Å². The number of carboxylic acids is 1. The van der Waals surface area contributed by atoms with Gasteiger partial charge in [-0.2, -0.15) is 5.06 Å². The maximum absolute atomic E-state index is 12.5. The number of rotatable bonds is 11. The van der Waals surface area contributed by atoms with E-state index in [1.807, 2.05) is 32.8 Å². The van der Waals surface area contributed by atoms with Crippen molar-refractivity contribution in [2.24, 2.45) is 5.92 Å². The quantitative estimate of drug-likeness (QED) is 0.404. The molecule has 0 aromatic heterocycles. The van der Waals surface area contributed by atoms with E-state index in [1.165, 1.54) is 7.11 Å². The summed E-state index contributed by atoms with van der Waals surface area (Å²) in [5, 5.41) is 22.2. The van der Waals surface area contributed by atoms with Crippen molar-refractivity contribution in [3.05, 3.63) is 0 Å². The number of methoxy groups -OCH3 is 1. The Bertz CT molecular complexity index is 513. The van der Waals surface area contributed by atoms with Crippen LogP contribution >= 0.6 is 0 Å². The summed E-state index contributed by atoms with van der Waals surface area (Å²) in [5.74, 6) is -1.72. The number of hydrogen-bond acceptors (Lipinski definition) is 6. The highest BCUT2D eigenvalue weighted by atomic mass is 16.7. The van der Waals surface area contributed by atoms with Gasteiger partial charge in [-0.25, -0.2) is 0 Å². The molecule has 7 heteroatoms. The van der Waals surface area contributed by atoms with Crippen LogP contribution in [0.1, 0.15) is 85.5 Å². The number of carboxylic acid groups (broad SMARTS) is 1. The fourth-order valence-electron chi connectivity index (χ4n) is 5.17. The lowest BCUT2D eigenvalue weighted by Crippen LogP contribution is -2.67. The third kappa shape index (κ3) is 6.42. The first-order valence-corrected chi connectivity index (χ1v) is 10.3. The Morgan fingerprint density at radius 3 is 1.93 bits per heavy atom.